The number of para-hydroxylation sites is 1. The molecular weight excluding hydrogens is 400 g/mol. The lowest BCUT2D eigenvalue weighted by molar-refractivity contribution is -0.131. The van der Waals surface area contributed by atoms with Crippen molar-refractivity contribution in [1.82, 2.24) is 0 Å². The van der Waals surface area contributed by atoms with E-state index < -0.39 is 17.6 Å². The lowest BCUT2D eigenvalue weighted by Gasteiger charge is -2.13. The van der Waals surface area contributed by atoms with E-state index in [0.717, 1.165) is 6.42 Å². The Morgan fingerprint density at radius 1 is 0.968 bits per heavy atom. The number of fused-ring (bicyclic) bond motifs is 1. The summed E-state index contributed by atoms with van der Waals surface area (Å²) in [6.07, 6.45) is 5.43. The van der Waals surface area contributed by atoms with E-state index in [-0.39, 0.29) is 35.0 Å². The van der Waals surface area contributed by atoms with Gasteiger partial charge in [-0.2, -0.15) is 0 Å². The number of carbonyl (C=O) groups excluding carboxylic acids is 2. The monoisotopic (exact) mass is 422 g/mol. The van der Waals surface area contributed by atoms with Gasteiger partial charge in [0.05, 0.1) is 17.6 Å². The van der Waals surface area contributed by atoms with Gasteiger partial charge in [-0.05, 0) is 37.1 Å². The molecule has 0 aliphatic carbocycles. The second kappa shape index (κ2) is 10.2. The molecule has 160 valence electrons. The summed E-state index contributed by atoms with van der Waals surface area (Å²) < 4.78 is 21.7. The Balaban J connectivity index is 2.06. The third kappa shape index (κ3) is 5.39. The van der Waals surface area contributed by atoms with Gasteiger partial charge in [0.1, 0.15) is 0 Å². The first-order valence-corrected chi connectivity index (χ1v) is 9.84. The molecule has 0 aliphatic rings. The fourth-order valence-electron chi connectivity index (χ4n) is 2.86. The minimum atomic E-state index is -0.921. The smallest absolute Gasteiger partial charge is 0.383 e. The van der Waals surface area contributed by atoms with Crippen molar-refractivity contribution in [3.63, 3.8) is 0 Å². The summed E-state index contributed by atoms with van der Waals surface area (Å²) in [5.41, 5.74) is -0.621. The predicted octanol–water partition coefficient (Wildman–Crippen LogP) is 4.67. The minimum Gasteiger partial charge on any atom is -0.488 e. The third-order valence-corrected chi connectivity index (χ3v) is 4.20. The van der Waals surface area contributed by atoms with E-state index in [1.165, 1.54) is 13.0 Å². The minimum absolute atomic E-state index is 0.0290. The summed E-state index contributed by atoms with van der Waals surface area (Å²) in [6.45, 7) is 3.50. The van der Waals surface area contributed by atoms with E-state index in [0.29, 0.717) is 11.8 Å². The fraction of sp³-hybridized carbons (Fsp3) is 0.208. The van der Waals surface area contributed by atoms with Gasteiger partial charge < -0.3 is 18.6 Å². The third-order valence-electron chi connectivity index (χ3n) is 4.20. The lowest BCUT2D eigenvalue weighted by Crippen LogP contribution is -2.16. The first-order valence-electron chi connectivity index (χ1n) is 9.84. The van der Waals surface area contributed by atoms with Crippen LogP contribution in [0.3, 0.4) is 0 Å². The Bertz CT molecular complexity index is 1160. The number of ether oxygens (including phenoxy) is 3. The number of hydrogen-bond donors (Lipinski definition) is 0. The zero-order valence-electron chi connectivity index (χ0n) is 17.3. The molecule has 0 aliphatic heterocycles. The van der Waals surface area contributed by atoms with Crippen molar-refractivity contribution in [2.75, 3.05) is 6.61 Å². The van der Waals surface area contributed by atoms with E-state index in [2.05, 4.69) is 0 Å². The van der Waals surface area contributed by atoms with Gasteiger partial charge in [0.2, 0.25) is 0 Å². The van der Waals surface area contributed by atoms with E-state index >= 15 is 0 Å². The Labute approximate surface area is 178 Å². The summed E-state index contributed by atoms with van der Waals surface area (Å²) in [5, 5.41) is 0.341. The van der Waals surface area contributed by atoms with Crippen molar-refractivity contribution in [2.45, 2.75) is 26.7 Å². The SMILES string of the molecule is CC/C=C/CCOc1c(OC(=O)c2ccccc2)c(=O)oc2c(OC(C)=O)cccc12. The largest absolute Gasteiger partial charge is 0.488 e. The van der Waals surface area contributed by atoms with Gasteiger partial charge in [-0.1, -0.05) is 43.3 Å². The summed E-state index contributed by atoms with van der Waals surface area (Å²) >= 11 is 0. The van der Waals surface area contributed by atoms with Crippen LogP contribution in [0.2, 0.25) is 0 Å². The van der Waals surface area contributed by atoms with Crippen molar-refractivity contribution < 1.29 is 28.2 Å². The standard InChI is InChI=1S/C24H22O7/c1-3-4-5-9-15-28-21-18-13-10-14-19(29-16(2)25)20(18)30-24(27)22(21)31-23(26)17-11-7-6-8-12-17/h4-8,10-14H,3,9,15H2,1-2H3/b5-4+. The summed E-state index contributed by atoms with van der Waals surface area (Å²) in [6, 6.07) is 13.0. The average molecular weight is 422 g/mol. The Morgan fingerprint density at radius 2 is 1.74 bits per heavy atom. The molecule has 1 heterocycles. The summed E-state index contributed by atoms with van der Waals surface area (Å²) in [7, 11) is 0. The van der Waals surface area contributed by atoms with Gasteiger partial charge in [0, 0.05) is 6.92 Å². The molecule has 3 rings (SSSR count). The predicted molar refractivity (Wildman–Crippen MR) is 115 cm³/mol. The number of carbonyl (C=O) groups is 2. The molecule has 0 amide bonds. The number of hydrogen-bond acceptors (Lipinski definition) is 7. The maximum Gasteiger partial charge on any atom is 0.383 e. The average Bonchev–Trinajstić information content (AvgIpc) is 2.76. The number of benzene rings is 2. The second-order valence-corrected chi connectivity index (χ2v) is 6.55. The van der Waals surface area contributed by atoms with Gasteiger partial charge in [-0.3, -0.25) is 4.79 Å². The zero-order valence-corrected chi connectivity index (χ0v) is 17.3. The van der Waals surface area contributed by atoms with Crippen LogP contribution >= 0.6 is 0 Å². The van der Waals surface area contributed by atoms with Crippen molar-refractivity contribution in [2.24, 2.45) is 0 Å². The molecule has 0 saturated heterocycles. The highest BCUT2D eigenvalue weighted by Crippen LogP contribution is 2.37. The molecule has 0 radical (unpaired) electrons. The Kier molecular flexibility index (Phi) is 7.22. The van der Waals surface area contributed by atoms with Gasteiger partial charge in [0.25, 0.3) is 5.75 Å². The number of rotatable bonds is 8. The maximum absolute atomic E-state index is 12.7. The van der Waals surface area contributed by atoms with Crippen LogP contribution in [0.15, 0.2) is 69.9 Å². The molecule has 0 unspecified atom stereocenters. The maximum atomic E-state index is 12.7. The van der Waals surface area contributed by atoms with Gasteiger partial charge >= 0.3 is 17.6 Å². The van der Waals surface area contributed by atoms with Crippen molar-refractivity contribution in [3.8, 4) is 17.2 Å². The first-order chi connectivity index (χ1) is 15.0. The Hall–Kier alpha value is -3.87. The lowest BCUT2D eigenvalue weighted by atomic mass is 10.2. The summed E-state index contributed by atoms with van der Waals surface area (Å²) in [5.74, 6) is -1.53. The summed E-state index contributed by atoms with van der Waals surface area (Å²) in [4.78, 5) is 36.7. The van der Waals surface area contributed by atoms with Gasteiger partial charge in [0.15, 0.2) is 17.1 Å². The van der Waals surface area contributed by atoms with E-state index in [1.807, 2.05) is 19.1 Å². The molecule has 0 bridgehead atoms. The van der Waals surface area contributed by atoms with E-state index in [4.69, 9.17) is 18.6 Å². The van der Waals surface area contributed by atoms with E-state index in [1.54, 1.807) is 42.5 Å². The topological polar surface area (TPSA) is 92.0 Å². The molecule has 2 aromatic carbocycles. The molecular formula is C24H22O7. The molecule has 7 heteroatoms. The Morgan fingerprint density at radius 3 is 2.45 bits per heavy atom. The zero-order chi connectivity index (χ0) is 22.2. The molecule has 1 aromatic heterocycles. The van der Waals surface area contributed by atoms with Crippen molar-refractivity contribution in [1.29, 1.82) is 0 Å². The first kappa shape index (κ1) is 21.8. The second-order valence-electron chi connectivity index (χ2n) is 6.55. The number of allylic oxidation sites excluding steroid dienone is 1. The highest BCUT2D eigenvalue weighted by atomic mass is 16.6. The van der Waals surface area contributed by atoms with Crippen LogP contribution in [0, 0.1) is 0 Å². The number of esters is 2. The molecule has 0 spiro atoms. The molecule has 31 heavy (non-hydrogen) atoms. The quantitative estimate of drug-likeness (QED) is 0.171. The fourth-order valence-corrected chi connectivity index (χ4v) is 2.86. The van der Waals surface area contributed by atoms with Crippen LogP contribution in [0.25, 0.3) is 11.0 Å². The molecule has 0 saturated carbocycles. The van der Waals surface area contributed by atoms with Gasteiger partial charge in [-0.15, -0.1) is 0 Å². The molecule has 0 atom stereocenters. The molecule has 0 fully saturated rings. The van der Waals surface area contributed by atoms with Crippen LogP contribution in [0.4, 0.5) is 0 Å². The van der Waals surface area contributed by atoms with Crippen LogP contribution in [-0.4, -0.2) is 18.5 Å². The highest BCUT2D eigenvalue weighted by Gasteiger charge is 2.23. The molecule has 7 nitrogen and oxygen atoms in total. The van der Waals surface area contributed by atoms with Gasteiger partial charge in [-0.25, -0.2) is 9.59 Å². The van der Waals surface area contributed by atoms with E-state index in [9.17, 15) is 14.4 Å². The van der Waals surface area contributed by atoms with Crippen LogP contribution in [0.1, 0.15) is 37.0 Å². The normalized spacial score (nSPS) is 10.9. The van der Waals surface area contributed by atoms with Crippen LogP contribution < -0.4 is 19.8 Å². The van der Waals surface area contributed by atoms with Crippen LogP contribution in [0.5, 0.6) is 17.2 Å². The molecule has 0 N–H and O–H groups in total. The van der Waals surface area contributed by atoms with Crippen molar-refractivity contribution in [3.05, 3.63) is 76.7 Å². The van der Waals surface area contributed by atoms with Crippen LogP contribution in [-0.2, 0) is 4.79 Å². The molecule has 3 aromatic rings. The highest BCUT2D eigenvalue weighted by molar-refractivity contribution is 5.94. The van der Waals surface area contributed by atoms with Crippen molar-refractivity contribution >= 4 is 22.9 Å².